The molecule has 2 heterocycles. The van der Waals surface area contributed by atoms with Gasteiger partial charge in [0.05, 0.1) is 12.7 Å². The number of likely N-dealkylation sites (tertiary alicyclic amines) is 1. The van der Waals surface area contributed by atoms with Crippen molar-refractivity contribution in [2.24, 2.45) is 5.73 Å². The highest BCUT2D eigenvalue weighted by Gasteiger charge is 2.26. The molecule has 20 heavy (non-hydrogen) atoms. The Morgan fingerprint density at radius 1 is 1.55 bits per heavy atom. The van der Waals surface area contributed by atoms with Crippen LogP contribution >= 0.6 is 22.9 Å². The lowest BCUT2D eigenvalue weighted by molar-refractivity contribution is -0.119. The zero-order valence-electron chi connectivity index (χ0n) is 10.6. The maximum atomic E-state index is 12.1. The highest BCUT2D eigenvalue weighted by atomic mass is 35.5. The summed E-state index contributed by atoms with van der Waals surface area (Å²) in [6.07, 6.45) is 2.52. The lowest BCUT2D eigenvalue weighted by Crippen LogP contribution is -2.46. The quantitative estimate of drug-likeness (QED) is 0.787. The molecular weight excluding hydrogens is 324 g/mol. The van der Waals surface area contributed by atoms with E-state index in [-0.39, 0.29) is 27.2 Å². The number of nitrogens with two attached hydrogens (primary N) is 1. The first-order valence-corrected chi connectivity index (χ1v) is 8.69. The van der Waals surface area contributed by atoms with Crippen molar-refractivity contribution >= 4 is 38.9 Å². The number of hydrogen-bond acceptors (Lipinski definition) is 6. The van der Waals surface area contributed by atoms with Crippen molar-refractivity contribution in [2.75, 3.05) is 19.6 Å². The lowest BCUT2D eigenvalue weighted by atomic mass is 10.1. The van der Waals surface area contributed by atoms with Crippen molar-refractivity contribution in [1.82, 2.24) is 14.6 Å². The van der Waals surface area contributed by atoms with Crippen LogP contribution in [0.3, 0.4) is 0 Å². The summed E-state index contributed by atoms with van der Waals surface area (Å²) in [5, 5.41) is 0. The van der Waals surface area contributed by atoms with Gasteiger partial charge in [-0.05, 0) is 12.8 Å². The minimum absolute atomic E-state index is 0.113. The Kier molecular flexibility index (Phi) is 4.97. The van der Waals surface area contributed by atoms with E-state index in [4.69, 9.17) is 17.3 Å². The summed E-state index contributed by atoms with van der Waals surface area (Å²) >= 11 is 6.57. The lowest BCUT2D eigenvalue weighted by Gasteiger charge is -2.31. The van der Waals surface area contributed by atoms with Crippen LogP contribution in [0.25, 0.3) is 0 Å². The number of carbonyl (C=O) groups excluding carboxylic acids is 1. The molecule has 0 spiro atoms. The number of piperidine rings is 1. The summed E-state index contributed by atoms with van der Waals surface area (Å²) in [6, 6.07) is -0.148. The maximum Gasteiger partial charge on any atom is 0.251 e. The van der Waals surface area contributed by atoms with Crippen LogP contribution in [0.4, 0.5) is 0 Å². The number of primary amides is 1. The van der Waals surface area contributed by atoms with Gasteiger partial charge in [-0.3, -0.25) is 9.69 Å². The Labute approximate surface area is 126 Å². The van der Waals surface area contributed by atoms with Crippen molar-refractivity contribution in [1.29, 1.82) is 0 Å². The van der Waals surface area contributed by atoms with Crippen LogP contribution in [0.5, 0.6) is 0 Å². The Morgan fingerprint density at radius 3 is 2.70 bits per heavy atom. The Hall–Kier alpha value is -0.740. The van der Waals surface area contributed by atoms with E-state index in [0.29, 0.717) is 25.9 Å². The van der Waals surface area contributed by atoms with E-state index in [1.54, 1.807) is 0 Å². The first-order valence-electron chi connectivity index (χ1n) is 6.01. The average Bonchev–Trinajstić information content (AvgIpc) is 2.78. The number of halogens is 1. The second kappa shape index (κ2) is 6.35. The summed E-state index contributed by atoms with van der Waals surface area (Å²) < 4.78 is 27.1. The zero-order chi connectivity index (χ0) is 14.8. The number of rotatable bonds is 5. The van der Waals surface area contributed by atoms with Crippen molar-refractivity contribution in [2.45, 2.75) is 23.1 Å². The van der Waals surface area contributed by atoms with E-state index in [1.165, 1.54) is 6.20 Å². The van der Waals surface area contributed by atoms with Gasteiger partial charge in [0.15, 0.2) is 8.68 Å². The first-order chi connectivity index (χ1) is 9.37. The minimum Gasteiger partial charge on any atom is -0.369 e. The van der Waals surface area contributed by atoms with Gasteiger partial charge in [-0.15, -0.1) is 0 Å². The molecule has 10 heteroatoms. The molecule has 0 bridgehead atoms. The molecule has 2 rings (SSSR count). The first kappa shape index (κ1) is 15.6. The molecule has 0 unspecified atom stereocenters. The minimum atomic E-state index is -3.57. The Balaban J connectivity index is 1.91. The summed E-state index contributed by atoms with van der Waals surface area (Å²) in [4.78, 5) is 16.5. The molecule has 1 aliphatic rings. The number of thiazole rings is 1. The molecular formula is C10H15ClN4O3S2. The summed E-state index contributed by atoms with van der Waals surface area (Å²) in [5.74, 6) is -0.372. The molecule has 0 atom stereocenters. The fraction of sp³-hybridized carbons (Fsp3) is 0.600. The van der Waals surface area contributed by atoms with Crippen molar-refractivity contribution in [3.05, 3.63) is 10.7 Å². The molecule has 1 fully saturated rings. The van der Waals surface area contributed by atoms with Crippen LogP contribution in [0, 0.1) is 0 Å². The van der Waals surface area contributed by atoms with Gasteiger partial charge in [0.1, 0.15) is 0 Å². The molecule has 1 aliphatic heterocycles. The highest BCUT2D eigenvalue weighted by Crippen LogP contribution is 2.23. The third kappa shape index (κ3) is 4.13. The Bertz CT molecular complexity index is 581. The summed E-state index contributed by atoms with van der Waals surface area (Å²) in [7, 11) is -3.57. The SMILES string of the molecule is NC(=O)CN1CCC(NS(=O)(=O)c2cnc(Cl)s2)CC1. The van der Waals surface area contributed by atoms with Crippen molar-refractivity contribution in [3.8, 4) is 0 Å². The zero-order valence-corrected chi connectivity index (χ0v) is 13.0. The maximum absolute atomic E-state index is 12.1. The van der Waals surface area contributed by atoms with E-state index in [2.05, 4.69) is 9.71 Å². The third-order valence-electron chi connectivity index (χ3n) is 3.01. The standard InChI is InChI=1S/C10H15ClN4O3S2/c11-10-13-5-9(19-10)20(17,18)14-7-1-3-15(4-2-7)6-8(12)16/h5,7,14H,1-4,6H2,(H2,12,16). The van der Waals surface area contributed by atoms with Crippen LogP contribution < -0.4 is 10.5 Å². The van der Waals surface area contributed by atoms with Gasteiger partial charge in [-0.1, -0.05) is 22.9 Å². The van der Waals surface area contributed by atoms with Gasteiger partial charge in [0, 0.05) is 19.1 Å². The summed E-state index contributed by atoms with van der Waals surface area (Å²) in [5.41, 5.74) is 5.13. The van der Waals surface area contributed by atoms with E-state index in [0.717, 1.165) is 11.3 Å². The fourth-order valence-electron chi connectivity index (χ4n) is 2.07. The molecule has 0 aromatic carbocycles. The Morgan fingerprint density at radius 2 is 2.20 bits per heavy atom. The molecule has 1 amide bonds. The second-order valence-corrected chi connectivity index (χ2v) is 8.12. The molecule has 112 valence electrons. The molecule has 7 nitrogen and oxygen atoms in total. The topological polar surface area (TPSA) is 105 Å². The van der Waals surface area contributed by atoms with Gasteiger partial charge in [0.2, 0.25) is 5.91 Å². The molecule has 0 radical (unpaired) electrons. The van der Waals surface area contributed by atoms with E-state index >= 15 is 0 Å². The number of nitrogens with one attached hydrogen (secondary N) is 1. The molecule has 1 aromatic rings. The molecule has 1 aromatic heterocycles. The van der Waals surface area contributed by atoms with Crippen LogP contribution in [0.1, 0.15) is 12.8 Å². The van der Waals surface area contributed by atoms with Gasteiger partial charge in [-0.25, -0.2) is 18.1 Å². The van der Waals surface area contributed by atoms with Crippen molar-refractivity contribution < 1.29 is 13.2 Å². The van der Waals surface area contributed by atoms with Gasteiger partial charge in [0.25, 0.3) is 10.0 Å². The molecule has 0 saturated carbocycles. The predicted molar refractivity (Wildman–Crippen MR) is 76.1 cm³/mol. The number of aromatic nitrogens is 1. The average molecular weight is 339 g/mol. The van der Waals surface area contributed by atoms with Gasteiger partial charge in [-0.2, -0.15) is 0 Å². The van der Waals surface area contributed by atoms with Crippen LogP contribution in [0.2, 0.25) is 4.47 Å². The van der Waals surface area contributed by atoms with E-state index < -0.39 is 10.0 Å². The normalized spacial score (nSPS) is 18.2. The monoisotopic (exact) mass is 338 g/mol. The summed E-state index contributed by atoms with van der Waals surface area (Å²) in [6.45, 7) is 1.49. The number of nitrogens with zero attached hydrogens (tertiary/aromatic N) is 2. The number of sulfonamides is 1. The molecule has 3 N–H and O–H groups in total. The number of amides is 1. The van der Waals surface area contributed by atoms with Crippen LogP contribution in [0.15, 0.2) is 10.4 Å². The van der Waals surface area contributed by atoms with E-state index in [9.17, 15) is 13.2 Å². The molecule has 1 saturated heterocycles. The largest absolute Gasteiger partial charge is 0.369 e. The third-order valence-corrected chi connectivity index (χ3v) is 6.11. The number of hydrogen-bond donors (Lipinski definition) is 2. The van der Waals surface area contributed by atoms with Crippen LogP contribution in [-0.2, 0) is 14.8 Å². The highest BCUT2D eigenvalue weighted by molar-refractivity contribution is 7.91. The second-order valence-electron chi connectivity index (χ2n) is 4.57. The van der Waals surface area contributed by atoms with Gasteiger partial charge >= 0.3 is 0 Å². The van der Waals surface area contributed by atoms with Gasteiger partial charge < -0.3 is 5.73 Å². The number of carbonyl (C=O) groups is 1. The van der Waals surface area contributed by atoms with Crippen molar-refractivity contribution in [3.63, 3.8) is 0 Å². The van der Waals surface area contributed by atoms with Crippen LogP contribution in [-0.4, -0.2) is 49.9 Å². The molecule has 0 aliphatic carbocycles. The smallest absolute Gasteiger partial charge is 0.251 e. The fourth-order valence-corrected chi connectivity index (χ4v) is 4.68. The predicted octanol–water partition coefficient (Wildman–Crippen LogP) is 0.0245. The van der Waals surface area contributed by atoms with E-state index in [1.807, 2.05) is 4.90 Å².